The Bertz CT molecular complexity index is 273. The fourth-order valence-electron chi connectivity index (χ4n) is 2.79. The molecule has 0 spiro atoms. The molecule has 0 radical (unpaired) electrons. The fourth-order valence-corrected chi connectivity index (χ4v) is 2.79. The van der Waals surface area contributed by atoms with E-state index in [9.17, 15) is 0 Å². The molecule has 0 N–H and O–H groups in total. The summed E-state index contributed by atoms with van der Waals surface area (Å²) in [7, 11) is 0. The predicted octanol–water partition coefficient (Wildman–Crippen LogP) is 4.37. The molecule has 1 heterocycles. The Kier molecular flexibility index (Phi) is 4.85. The molecule has 0 atom stereocenters. The second kappa shape index (κ2) is 6.67. The van der Waals surface area contributed by atoms with E-state index in [-0.39, 0.29) is 0 Å². The predicted molar refractivity (Wildman–Crippen MR) is 68.4 cm³/mol. The molecule has 0 aromatic carbocycles. The van der Waals surface area contributed by atoms with Crippen LogP contribution in [0.25, 0.3) is 0 Å². The van der Waals surface area contributed by atoms with Gasteiger partial charge in [0.25, 0.3) is 0 Å². The van der Waals surface area contributed by atoms with Gasteiger partial charge in [0.1, 0.15) is 0 Å². The Labute approximate surface area is 99.3 Å². The summed E-state index contributed by atoms with van der Waals surface area (Å²) in [5.74, 6) is 1.01. The molecule has 1 aliphatic rings. The molecule has 16 heavy (non-hydrogen) atoms. The highest BCUT2D eigenvalue weighted by Gasteiger charge is 2.11. The Morgan fingerprint density at radius 2 is 1.94 bits per heavy atom. The number of rotatable bonds is 4. The molecule has 1 nitrogen and oxygen atoms in total. The first kappa shape index (κ1) is 11.6. The van der Waals surface area contributed by atoms with Gasteiger partial charge in [-0.3, -0.25) is 4.98 Å². The summed E-state index contributed by atoms with van der Waals surface area (Å²) in [6, 6.07) is 4.24. The van der Waals surface area contributed by atoms with Gasteiger partial charge >= 0.3 is 0 Å². The lowest BCUT2D eigenvalue weighted by molar-refractivity contribution is 0.416. The zero-order valence-electron chi connectivity index (χ0n) is 10.2. The highest BCUT2D eigenvalue weighted by atomic mass is 14.6. The zero-order chi connectivity index (χ0) is 11.1. The maximum Gasteiger partial charge on any atom is 0.0299 e. The van der Waals surface area contributed by atoms with E-state index in [0.717, 1.165) is 5.92 Å². The van der Waals surface area contributed by atoms with E-state index < -0.39 is 0 Å². The lowest BCUT2D eigenvalue weighted by Gasteiger charge is -2.13. The van der Waals surface area contributed by atoms with E-state index in [2.05, 4.69) is 11.1 Å². The van der Waals surface area contributed by atoms with Crippen LogP contribution in [0.4, 0.5) is 0 Å². The minimum absolute atomic E-state index is 1.01. The van der Waals surface area contributed by atoms with Gasteiger partial charge in [-0.25, -0.2) is 0 Å². The van der Waals surface area contributed by atoms with E-state index in [4.69, 9.17) is 0 Å². The van der Waals surface area contributed by atoms with Crippen molar-refractivity contribution in [2.75, 3.05) is 0 Å². The van der Waals surface area contributed by atoms with Crippen LogP contribution in [0.2, 0.25) is 0 Å². The molecule has 0 bridgehead atoms. The third kappa shape index (κ3) is 3.96. The van der Waals surface area contributed by atoms with Gasteiger partial charge in [-0.1, -0.05) is 51.0 Å². The standard InChI is InChI=1S/C15H23N/c1-2-4-8-14(7-3-1)9-5-10-15-11-6-12-16-13-15/h6,11-14H,1-5,7-10H2. The molecule has 0 unspecified atom stereocenters. The van der Waals surface area contributed by atoms with Crippen molar-refractivity contribution in [3.05, 3.63) is 30.1 Å². The molecule has 1 aliphatic carbocycles. The summed E-state index contributed by atoms with van der Waals surface area (Å²) in [5, 5.41) is 0. The van der Waals surface area contributed by atoms with Crippen molar-refractivity contribution in [1.82, 2.24) is 4.98 Å². The summed E-state index contributed by atoms with van der Waals surface area (Å²) >= 11 is 0. The second-order valence-corrected chi connectivity index (χ2v) is 5.11. The van der Waals surface area contributed by atoms with Gasteiger partial charge in [-0.2, -0.15) is 0 Å². The smallest absolute Gasteiger partial charge is 0.0299 e. The van der Waals surface area contributed by atoms with Gasteiger partial charge < -0.3 is 0 Å². The third-order valence-electron chi connectivity index (χ3n) is 3.78. The number of pyridine rings is 1. The van der Waals surface area contributed by atoms with Gasteiger partial charge in [0, 0.05) is 12.4 Å². The van der Waals surface area contributed by atoms with Crippen LogP contribution in [-0.2, 0) is 6.42 Å². The molecular weight excluding hydrogens is 194 g/mol. The Morgan fingerprint density at radius 3 is 2.62 bits per heavy atom. The summed E-state index contributed by atoms with van der Waals surface area (Å²) in [4.78, 5) is 4.17. The topological polar surface area (TPSA) is 12.9 Å². The van der Waals surface area contributed by atoms with Crippen LogP contribution in [0.15, 0.2) is 24.5 Å². The first-order valence-corrected chi connectivity index (χ1v) is 6.84. The molecule has 1 aromatic heterocycles. The molecule has 1 aromatic rings. The molecule has 0 saturated heterocycles. The van der Waals surface area contributed by atoms with Gasteiger partial charge in [-0.05, 0) is 30.4 Å². The number of hydrogen-bond donors (Lipinski definition) is 0. The number of aromatic nitrogens is 1. The summed E-state index contributed by atoms with van der Waals surface area (Å²) in [5.41, 5.74) is 1.40. The maximum atomic E-state index is 4.17. The lowest BCUT2D eigenvalue weighted by atomic mass is 9.93. The third-order valence-corrected chi connectivity index (χ3v) is 3.78. The minimum atomic E-state index is 1.01. The lowest BCUT2D eigenvalue weighted by Crippen LogP contribution is -1.99. The van der Waals surface area contributed by atoms with Crippen molar-refractivity contribution < 1.29 is 0 Å². The molecular formula is C15H23N. The Morgan fingerprint density at radius 1 is 1.12 bits per heavy atom. The normalized spacial score (nSPS) is 18.2. The van der Waals surface area contributed by atoms with Gasteiger partial charge in [0.05, 0.1) is 0 Å². The Hall–Kier alpha value is -0.850. The average Bonchev–Trinajstić information content (AvgIpc) is 2.59. The van der Waals surface area contributed by atoms with E-state index in [0.29, 0.717) is 0 Å². The van der Waals surface area contributed by atoms with Crippen LogP contribution in [0.1, 0.15) is 56.9 Å². The molecule has 2 rings (SSSR count). The molecule has 88 valence electrons. The van der Waals surface area contributed by atoms with Crippen LogP contribution in [0, 0.1) is 5.92 Å². The highest BCUT2D eigenvalue weighted by Crippen LogP contribution is 2.26. The quantitative estimate of drug-likeness (QED) is 0.682. The van der Waals surface area contributed by atoms with E-state index in [1.165, 1.54) is 63.4 Å². The van der Waals surface area contributed by atoms with Crippen LogP contribution < -0.4 is 0 Å². The van der Waals surface area contributed by atoms with Crippen molar-refractivity contribution in [3.8, 4) is 0 Å². The Balaban J connectivity index is 1.67. The number of aryl methyl sites for hydroxylation is 1. The molecule has 0 aliphatic heterocycles. The minimum Gasteiger partial charge on any atom is -0.264 e. The molecule has 0 amide bonds. The maximum absolute atomic E-state index is 4.17. The van der Waals surface area contributed by atoms with Crippen LogP contribution >= 0.6 is 0 Å². The van der Waals surface area contributed by atoms with Crippen LogP contribution in [0.3, 0.4) is 0 Å². The molecule has 1 heteroatoms. The van der Waals surface area contributed by atoms with Gasteiger partial charge in [0.15, 0.2) is 0 Å². The molecule has 1 fully saturated rings. The zero-order valence-corrected chi connectivity index (χ0v) is 10.2. The van der Waals surface area contributed by atoms with Crippen LogP contribution in [0.5, 0.6) is 0 Å². The fraction of sp³-hybridized carbons (Fsp3) is 0.667. The first-order chi connectivity index (χ1) is 7.95. The number of hydrogen-bond acceptors (Lipinski definition) is 1. The first-order valence-electron chi connectivity index (χ1n) is 6.84. The van der Waals surface area contributed by atoms with Crippen molar-refractivity contribution in [2.24, 2.45) is 5.92 Å². The SMILES string of the molecule is c1cncc(CCCC2CCCCCC2)c1. The van der Waals surface area contributed by atoms with Crippen molar-refractivity contribution in [2.45, 2.75) is 57.8 Å². The van der Waals surface area contributed by atoms with Gasteiger partial charge in [-0.15, -0.1) is 0 Å². The van der Waals surface area contributed by atoms with E-state index in [1.54, 1.807) is 0 Å². The monoisotopic (exact) mass is 217 g/mol. The summed E-state index contributed by atoms with van der Waals surface area (Å²) < 4.78 is 0. The van der Waals surface area contributed by atoms with Crippen molar-refractivity contribution >= 4 is 0 Å². The summed E-state index contributed by atoms with van der Waals surface area (Å²) in [6.45, 7) is 0. The highest BCUT2D eigenvalue weighted by molar-refractivity contribution is 5.08. The van der Waals surface area contributed by atoms with E-state index >= 15 is 0 Å². The van der Waals surface area contributed by atoms with E-state index in [1.807, 2.05) is 18.5 Å². The average molecular weight is 217 g/mol. The number of nitrogens with zero attached hydrogens (tertiary/aromatic N) is 1. The molecule has 1 saturated carbocycles. The van der Waals surface area contributed by atoms with Crippen LogP contribution in [-0.4, -0.2) is 4.98 Å². The van der Waals surface area contributed by atoms with Crippen molar-refractivity contribution in [3.63, 3.8) is 0 Å². The summed E-state index contributed by atoms with van der Waals surface area (Å²) in [6.07, 6.45) is 16.7. The largest absolute Gasteiger partial charge is 0.264 e. The second-order valence-electron chi connectivity index (χ2n) is 5.11. The van der Waals surface area contributed by atoms with Crippen molar-refractivity contribution in [1.29, 1.82) is 0 Å². The van der Waals surface area contributed by atoms with Gasteiger partial charge in [0.2, 0.25) is 0 Å².